The van der Waals surface area contributed by atoms with Crippen LogP contribution in [0.4, 0.5) is 5.69 Å². The van der Waals surface area contributed by atoms with Gasteiger partial charge in [-0.3, -0.25) is 19.8 Å². The first-order valence-electron chi connectivity index (χ1n) is 9.57. The Morgan fingerprint density at radius 1 is 1.27 bits per heavy atom. The molecule has 1 fully saturated rings. The molecule has 2 aromatic rings. The number of methoxy groups -OCH3 is 1. The van der Waals surface area contributed by atoms with E-state index < -0.39 is 4.92 Å². The normalized spacial score (nSPS) is 14.6. The van der Waals surface area contributed by atoms with Crippen molar-refractivity contribution in [2.45, 2.75) is 13.0 Å². The van der Waals surface area contributed by atoms with Gasteiger partial charge in [0.2, 0.25) is 5.91 Å². The third-order valence-corrected chi connectivity index (χ3v) is 4.71. The highest BCUT2D eigenvalue weighted by molar-refractivity contribution is 5.83. The van der Waals surface area contributed by atoms with Crippen LogP contribution in [0.5, 0.6) is 5.75 Å². The fraction of sp³-hybridized carbons (Fsp3) is 0.333. The van der Waals surface area contributed by atoms with Crippen LogP contribution in [0.15, 0.2) is 47.6 Å². The molecule has 1 saturated heterocycles. The Bertz CT molecular complexity index is 908. The van der Waals surface area contributed by atoms with E-state index in [-0.39, 0.29) is 18.0 Å². The van der Waals surface area contributed by atoms with Gasteiger partial charge in [0, 0.05) is 37.3 Å². The fourth-order valence-corrected chi connectivity index (χ4v) is 3.15. The number of carbonyl (C=O) groups is 1. The highest BCUT2D eigenvalue weighted by Gasteiger charge is 2.14. The number of benzene rings is 2. The van der Waals surface area contributed by atoms with Gasteiger partial charge in [-0.25, -0.2) is 5.43 Å². The summed E-state index contributed by atoms with van der Waals surface area (Å²) in [4.78, 5) is 24.7. The summed E-state index contributed by atoms with van der Waals surface area (Å²) in [6.45, 7) is 3.91. The van der Waals surface area contributed by atoms with E-state index in [4.69, 9.17) is 9.47 Å². The van der Waals surface area contributed by atoms with E-state index in [1.165, 1.54) is 18.3 Å². The summed E-state index contributed by atoms with van der Waals surface area (Å²) in [6.07, 6.45) is 1.62. The fourth-order valence-electron chi connectivity index (χ4n) is 3.15. The summed E-state index contributed by atoms with van der Waals surface area (Å²) in [6, 6.07) is 11.6. The van der Waals surface area contributed by atoms with Crippen LogP contribution in [0.1, 0.15) is 16.7 Å². The Labute approximate surface area is 174 Å². The largest absolute Gasteiger partial charge is 0.496 e. The van der Waals surface area contributed by atoms with Crippen LogP contribution in [-0.4, -0.2) is 55.4 Å². The lowest BCUT2D eigenvalue weighted by Gasteiger charge is -2.27. The van der Waals surface area contributed by atoms with Crippen molar-refractivity contribution < 1.29 is 19.2 Å². The van der Waals surface area contributed by atoms with E-state index in [1.807, 2.05) is 18.2 Å². The van der Waals surface area contributed by atoms with Crippen molar-refractivity contribution in [1.82, 2.24) is 10.3 Å². The summed E-state index contributed by atoms with van der Waals surface area (Å²) in [5.74, 6) is 0.539. The summed E-state index contributed by atoms with van der Waals surface area (Å²) >= 11 is 0. The molecule has 0 aliphatic carbocycles. The maximum Gasteiger partial charge on any atom is 0.269 e. The molecule has 2 aromatic carbocycles. The number of carbonyl (C=O) groups excluding carboxylic acids is 1. The lowest BCUT2D eigenvalue weighted by atomic mass is 10.1. The van der Waals surface area contributed by atoms with E-state index in [9.17, 15) is 14.9 Å². The van der Waals surface area contributed by atoms with E-state index in [2.05, 4.69) is 15.4 Å². The summed E-state index contributed by atoms with van der Waals surface area (Å²) < 4.78 is 10.8. The van der Waals surface area contributed by atoms with E-state index in [0.717, 1.165) is 49.7 Å². The smallest absolute Gasteiger partial charge is 0.269 e. The Balaban J connectivity index is 1.57. The molecule has 1 aliphatic rings. The van der Waals surface area contributed by atoms with Gasteiger partial charge in [-0.15, -0.1) is 0 Å². The average molecular weight is 412 g/mol. The molecule has 158 valence electrons. The van der Waals surface area contributed by atoms with Gasteiger partial charge >= 0.3 is 0 Å². The lowest BCUT2D eigenvalue weighted by molar-refractivity contribution is -0.384. The van der Waals surface area contributed by atoms with Crippen molar-refractivity contribution in [1.29, 1.82) is 0 Å². The molecule has 1 heterocycles. The molecular weight excluding hydrogens is 388 g/mol. The lowest BCUT2D eigenvalue weighted by Crippen LogP contribution is -2.35. The number of rotatable bonds is 8. The molecule has 0 aromatic heterocycles. The molecule has 30 heavy (non-hydrogen) atoms. The van der Waals surface area contributed by atoms with Crippen LogP contribution in [0, 0.1) is 10.1 Å². The van der Waals surface area contributed by atoms with Gasteiger partial charge in [0.1, 0.15) is 5.75 Å². The van der Waals surface area contributed by atoms with Gasteiger partial charge in [0.05, 0.1) is 37.9 Å². The number of nitro groups is 1. The van der Waals surface area contributed by atoms with Gasteiger partial charge in [-0.2, -0.15) is 5.10 Å². The number of nitro benzene ring substituents is 1. The molecule has 1 amide bonds. The number of hydrogen-bond acceptors (Lipinski definition) is 7. The van der Waals surface area contributed by atoms with Gasteiger partial charge < -0.3 is 9.47 Å². The zero-order valence-electron chi connectivity index (χ0n) is 16.7. The minimum atomic E-state index is -0.467. The molecular formula is C21H24N4O5. The van der Waals surface area contributed by atoms with Crippen LogP contribution in [0.25, 0.3) is 0 Å². The number of morpholine rings is 1. The summed E-state index contributed by atoms with van der Waals surface area (Å²) in [5.41, 5.74) is 5.03. The number of hydrogen-bond donors (Lipinski definition) is 1. The van der Waals surface area contributed by atoms with Crippen molar-refractivity contribution in [3.05, 3.63) is 69.3 Å². The first-order valence-corrected chi connectivity index (χ1v) is 9.57. The molecule has 9 heteroatoms. The van der Waals surface area contributed by atoms with Crippen molar-refractivity contribution in [3.63, 3.8) is 0 Å². The second-order valence-electron chi connectivity index (χ2n) is 6.85. The number of ether oxygens (including phenoxy) is 2. The minimum Gasteiger partial charge on any atom is -0.496 e. The average Bonchev–Trinajstić information content (AvgIpc) is 2.75. The number of nitrogens with zero attached hydrogens (tertiary/aromatic N) is 3. The van der Waals surface area contributed by atoms with Gasteiger partial charge in [-0.1, -0.05) is 12.1 Å². The van der Waals surface area contributed by atoms with Crippen LogP contribution in [0.3, 0.4) is 0 Å². The van der Waals surface area contributed by atoms with Crippen LogP contribution in [0.2, 0.25) is 0 Å². The third-order valence-electron chi connectivity index (χ3n) is 4.71. The SMILES string of the molecule is COc1ccc(CC(=O)NN=Cc2ccc([N+](=O)[O-])cc2)cc1CN1CCOCC1. The highest BCUT2D eigenvalue weighted by Crippen LogP contribution is 2.22. The second-order valence-corrected chi connectivity index (χ2v) is 6.85. The second kappa shape index (κ2) is 10.5. The molecule has 0 unspecified atom stereocenters. The van der Waals surface area contributed by atoms with Crippen molar-refractivity contribution in [2.75, 3.05) is 33.4 Å². The molecule has 0 saturated carbocycles. The number of amides is 1. The summed E-state index contributed by atoms with van der Waals surface area (Å²) in [7, 11) is 1.64. The third kappa shape index (κ3) is 6.10. The number of non-ortho nitro benzene ring substituents is 1. The zero-order valence-corrected chi connectivity index (χ0v) is 16.7. The Hall–Kier alpha value is -3.30. The monoisotopic (exact) mass is 412 g/mol. The van der Waals surface area contributed by atoms with Crippen LogP contribution in [-0.2, 0) is 22.5 Å². The van der Waals surface area contributed by atoms with Crippen molar-refractivity contribution in [3.8, 4) is 5.75 Å². The molecule has 0 bridgehead atoms. The first kappa shape index (κ1) is 21.4. The topological polar surface area (TPSA) is 106 Å². The van der Waals surface area contributed by atoms with Crippen LogP contribution < -0.4 is 10.2 Å². The number of nitrogens with one attached hydrogen (secondary N) is 1. The van der Waals surface area contributed by atoms with Crippen molar-refractivity contribution >= 4 is 17.8 Å². The molecule has 9 nitrogen and oxygen atoms in total. The molecule has 1 N–H and O–H groups in total. The van der Waals surface area contributed by atoms with E-state index in [1.54, 1.807) is 19.2 Å². The molecule has 0 atom stereocenters. The molecule has 0 radical (unpaired) electrons. The van der Waals surface area contributed by atoms with E-state index >= 15 is 0 Å². The molecule has 1 aliphatic heterocycles. The van der Waals surface area contributed by atoms with Gasteiger partial charge in [-0.05, 0) is 29.3 Å². The van der Waals surface area contributed by atoms with Gasteiger partial charge in [0.15, 0.2) is 0 Å². The van der Waals surface area contributed by atoms with Gasteiger partial charge in [0.25, 0.3) is 5.69 Å². The Kier molecular flexibility index (Phi) is 7.47. The predicted octanol–water partition coefficient (Wildman–Crippen LogP) is 2.13. The quantitative estimate of drug-likeness (QED) is 0.404. The zero-order chi connectivity index (χ0) is 21.3. The standard InChI is InChI=1S/C21H24N4O5/c1-29-20-7-4-17(12-18(20)15-24-8-10-30-11-9-24)13-21(26)23-22-14-16-2-5-19(6-3-16)25(27)28/h2-7,12,14H,8-11,13,15H2,1H3,(H,23,26). The highest BCUT2D eigenvalue weighted by atomic mass is 16.6. The number of hydrazone groups is 1. The maximum atomic E-state index is 12.2. The molecule has 3 rings (SSSR count). The molecule has 0 spiro atoms. The van der Waals surface area contributed by atoms with Crippen LogP contribution >= 0.6 is 0 Å². The summed E-state index contributed by atoms with van der Waals surface area (Å²) in [5, 5.41) is 14.6. The maximum absolute atomic E-state index is 12.2. The predicted molar refractivity (Wildman–Crippen MR) is 112 cm³/mol. The minimum absolute atomic E-state index is 0.00331. The Morgan fingerprint density at radius 2 is 2.00 bits per heavy atom. The van der Waals surface area contributed by atoms with E-state index in [0.29, 0.717) is 5.56 Å². The first-order chi connectivity index (χ1) is 14.5. The van der Waals surface area contributed by atoms with Crippen molar-refractivity contribution in [2.24, 2.45) is 5.10 Å². The Morgan fingerprint density at radius 3 is 2.67 bits per heavy atom.